The summed E-state index contributed by atoms with van der Waals surface area (Å²) in [5.74, 6) is -3.26. The maximum absolute atomic E-state index is 13.7. The van der Waals surface area contributed by atoms with Crippen LogP contribution in [-0.4, -0.2) is 50.4 Å². The largest absolute Gasteiger partial charge is 0.456 e. The molecule has 1 aliphatic rings. The quantitative estimate of drug-likeness (QED) is 0.127. The molecule has 1 saturated heterocycles. The Bertz CT molecular complexity index is 1610. The zero-order valence-corrected chi connectivity index (χ0v) is 25.3. The van der Waals surface area contributed by atoms with Crippen LogP contribution in [0, 0.1) is 5.82 Å². The maximum Gasteiger partial charge on any atom is 0.419 e. The Labute approximate surface area is 257 Å². The second-order valence-corrected chi connectivity index (χ2v) is 12.9. The van der Waals surface area contributed by atoms with Gasteiger partial charge in [-0.2, -0.15) is 13.2 Å². The molecule has 226 valence electrons. The van der Waals surface area contributed by atoms with E-state index in [2.05, 4.69) is 5.32 Å². The Hall–Kier alpha value is -3.59. The van der Waals surface area contributed by atoms with Gasteiger partial charge >= 0.3 is 12.1 Å². The van der Waals surface area contributed by atoms with Gasteiger partial charge in [-0.25, -0.2) is 9.18 Å². The van der Waals surface area contributed by atoms with Crippen LogP contribution in [0.1, 0.15) is 41.6 Å². The van der Waals surface area contributed by atoms with Crippen molar-refractivity contribution in [2.24, 2.45) is 0 Å². The number of carbonyl (C=O) groups is 3. The number of ether oxygens (including phenoxy) is 1. The van der Waals surface area contributed by atoms with Gasteiger partial charge in [0.2, 0.25) is 0 Å². The van der Waals surface area contributed by atoms with Gasteiger partial charge in [0.25, 0.3) is 11.8 Å². The number of amides is 2. The molecule has 2 amide bonds. The molecule has 2 aromatic carbocycles. The van der Waals surface area contributed by atoms with E-state index in [4.69, 9.17) is 17.0 Å². The average molecular weight is 653 g/mol. The first-order valence-corrected chi connectivity index (χ1v) is 14.7. The van der Waals surface area contributed by atoms with Crippen molar-refractivity contribution in [3.05, 3.63) is 80.6 Å². The number of carbonyl (C=O) groups excluding carboxylic acids is 3. The number of benzene rings is 2. The number of rotatable bonds is 7. The van der Waals surface area contributed by atoms with Crippen molar-refractivity contribution >= 4 is 69.2 Å². The SMILES string of the molecule is CC(C)(C)OC(=O)c1ccc(NC(=O)C(O)CN2C(=O)/C(=C/c3cc(-c4ccc(F)c(C(F)(F)F)c4)cs3)SC2=S)cc1. The lowest BCUT2D eigenvalue weighted by Crippen LogP contribution is -2.41. The summed E-state index contributed by atoms with van der Waals surface area (Å²) in [7, 11) is 0. The lowest BCUT2D eigenvalue weighted by Gasteiger charge is -2.20. The van der Waals surface area contributed by atoms with Gasteiger partial charge in [0, 0.05) is 10.6 Å². The lowest BCUT2D eigenvalue weighted by molar-refractivity contribution is -0.140. The van der Waals surface area contributed by atoms with Gasteiger partial charge in [0.1, 0.15) is 15.7 Å². The van der Waals surface area contributed by atoms with Crippen LogP contribution in [-0.2, 0) is 20.5 Å². The summed E-state index contributed by atoms with van der Waals surface area (Å²) < 4.78 is 58.4. The number of thiocarbonyl (C=S) groups is 1. The number of esters is 1. The molecular weight excluding hydrogens is 629 g/mol. The Morgan fingerprint density at radius 3 is 2.40 bits per heavy atom. The molecule has 14 heteroatoms. The molecule has 1 fully saturated rings. The number of anilines is 1. The highest BCUT2D eigenvalue weighted by Gasteiger charge is 2.36. The van der Waals surface area contributed by atoms with Crippen molar-refractivity contribution < 1.29 is 41.8 Å². The van der Waals surface area contributed by atoms with E-state index in [1.807, 2.05) is 0 Å². The first-order chi connectivity index (χ1) is 20.0. The molecule has 0 radical (unpaired) electrons. The van der Waals surface area contributed by atoms with Crippen molar-refractivity contribution in [2.75, 3.05) is 11.9 Å². The lowest BCUT2D eigenvalue weighted by atomic mass is 10.0. The van der Waals surface area contributed by atoms with Gasteiger partial charge in [-0.3, -0.25) is 14.5 Å². The highest BCUT2D eigenvalue weighted by Crippen LogP contribution is 2.37. The molecule has 0 spiro atoms. The topological polar surface area (TPSA) is 95.9 Å². The predicted molar refractivity (Wildman–Crippen MR) is 161 cm³/mol. The number of nitrogens with one attached hydrogen (secondary N) is 1. The van der Waals surface area contributed by atoms with Crippen LogP contribution in [0.2, 0.25) is 0 Å². The molecule has 43 heavy (non-hydrogen) atoms. The minimum Gasteiger partial charge on any atom is -0.456 e. The van der Waals surface area contributed by atoms with Gasteiger partial charge in [0.15, 0.2) is 6.10 Å². The Morgan fingerprint density at radius 2 is 1.77 bits per heavy atom. The first kappa shape index (κ1) is 32.3. The fraction of sp³-hybridized carbons (Fsp3) is 0.241. The Morgan fingerprint density at radius 1 is 1.09 bits per heavy atom. The highest BCUT2D eigenvalue weighted by atomic mass is 32.2. The molecule has 0 bridgehead atoms. The van der Waals surface area contributed by atoms with Crippen molar-refractivity contribution in [2.45, 2.75) is 38.7 Å². The smallest absolute Gasteiger partial charge is 0.419 e. The van der Waals surface area contributed by atoms with Crippen LogP contribution < -0.4 is 5.32 Å². The molecule has 1 aliphatic heterocycles. The maximum atomic E-state index is 13.7. The molecular formula is C29H24F4N2O5S3. The van der Waals surface area contributed by atoms with Gasteiger partial charge < -0.3 is 15.2 Å². The molecule has 7 nitrogen and oxygen atoms in total. The molecule has 0 aliphatic carbocycles. The number of alkyl halides is 3. The van der Waals surface area contributed by atoms with Crippen molar-refractivity contribution in [3.8, 4) is 11.1 Å². The number of thioether (sulfide) groups is 1. The summed E-state index contributed by atoms with van der Waals surface area (Å²) in [5, 5.41) is 14.6. The van der Waals surface area contributed by atoms with Crippen molar-refractivity contribution in [1.29, 1.82) is 0 Å². The van der Waals surface area contributed by atoms with E-state index in [1.165, 1.54) is 36.4 Å². The van der Waals surface area contributed by atoms with Crippen molar-refractivity contribution in [1.82, 2.24) is 4.90 Å². The number of nitrogens with zero attached hydrogens (tertiary/aromatic N) is 1. The summed E-state index contributed by atoms with van der Waals surface area (Å²) >= 11 is 7.37. The van der Waals surface area contributed by atoms with Crippen LogP contribution in [0.3, 0.4) is 0 Å². The summed E-state index contributed by atoms with van der Waals surface area (Å²) in [5.41, 5.74) is -0.901. The van der Waals surface area contributed by atoms with Crippen LogP contribution in [0.15, 0.2) is 58.8 Å². The van der Waals surface area contributed by atoms with Gasteiger partial charge in [-0.15, -0.1) is 11.3 Å². The van der Waals surface area contributed by atoms with E-state index in [9.17, 15) is 37.1 Å². The third-order valence-corrected chi connectivity index (χ3v) is 8.07. The van der Waals surface area contributed by atoms with E-state index in [1.54, 1.807) is 32.2 Å². The minimum atomic E-state index is -4.85. The molecule has 2 heterocycles. The summed E-state index contributed by atoms with van der Waals surface area (Å²) in [6.45, 7) is 4.79. The van der Waals surface area contributed by atoms with Gasteiger partial charge in [-0.05, 0) is 85.8 Å². The second kappa shape index (κ2) is 12.6. The fourth-order valence-corrected chi connectivity index (χ4v) is 5.99. The number of aliphatic hydroxyl groups is 1. The molecule has 1 atom stereocenters. The van der Waals surface area contributed by atoms with E-state index in [-0.39, 0.29) is 20.4 Å². The van der Waals surface area contributed by atoms with E-state index in [0.717, 1.165) is 40.1 Å². The van der Waals surface area contributed by atoms with Crippen LogP contribution in [0.5, 0.6) is 0 Å². The van der Waals surface area contributed by atoms with Crippen molar-refractivity contribution in [3.63, 3.8) is 0 Å². The average Bonchev–Trinajstić information content (AvgIpc) is 3.47. The Kier molecular flexibility index (Phi) is 9.45. The Balaban J connectivity index is 1.39. The highest BCUT2D eigenvalue weighted by molar-refractivity contribution is 8.26. The zero-order chi connectivity index (χ0) is 31.7. The van der Waals surface area contributed by atoms with Crippen LogP contribution >= 0.6 is 35.3 Å². The van der Waals surface area contributed by atoms with E-state index >= 15 is 0 Å². The predicted octanol–water partition coefficient (Wildman–Crippen LogP) is 6.73. The first-order valence-electron chi connectivity index (χ1n) is 12.6. The zero-order valence-electron chi connectivity index (χ0n) is 22.8. The molecule has 2 N–H and O–H groups in total. The summed E-state index contributed by atoms with van der Waals surface area (Å²) in [6, 6.07) is 10.1. The number of thiophene rings is 1. The molecule has 0 saturated carbocycles. The molecule has 3 aromatic rings. The normalized spacial score (nSPS) is 15.6. The van der Waals surface area contributed by atoms with E-state index < -0.39 is 53.6 Å². The minimum absolute atomic E-state index is 0.106. The number of halogens is 4. The van der Waals surface area contributed by atoms with Gasteiger partial charge in [0.05, 0.1) is 22.6 Å². The molecule has 4 rings (SSSR count). The summed E-state index contributed by atoms with van der Waals surface area (Å²) in [4.78, 5) is 39.6. The van der Waals surface area contributed by atoms with E-state index in [0.29, 0.717) is 16.1 Å². The monoisotopic (exact) mass is 652 g/mol. The van der Waals surface area contributed by atoms with Gasteiger partial charge in [-0.1, -0.05) is 30.0 Å². The number of hydrogen-bond donors (Lipinski definition) is 2. The standard InChI is InChI=1S/C29H24F4N2O5S3/c1-28(2,3)40-26(39)15-4-7-18(8-5-15)34-24(37)22(36)13-35-25(38)23(43-27(35)41)12-19-10-17(14-42-19)16-6-9-21(30)20(11-16)29(31,32)33/h4-12,14,22,36H,13H2,1-3H3,(H,34,37)/b23-12-. The fourth-order valence-electron chi connectivity index (χ4n) is 3.80. The third kappa shape index (κ3) is 8.07. The second-order valence-electron chi connectivity index (χ2n) is 10.3. The summed E-state index contributed by atoms with van der Waals surface area (Å²) in [6.07, 6.45) is -4.98. The molecule has 1 aromatic heterocycles. The van der Waals surface area contributed by atoms with Crippen LogP contribution in [0.4, 0.5) is 23.2 Å². The molecule has 1 unspecified atom stereocenters. The number of aliphatic hydroxyl groups excluding tert-OH is 1. The number of β-amino-alcohol motifs (C(OH)–C–C–N with tert-alkyl or cyclic N) is 1. The van der Waals surface area contributed by atoms with Crippen LogP contribution in [0.25, 0.3) is 17.2 Å². The number of hydrogen-bond acceptors (Lipinski definition) is 8. The third-order valence-electron chi connectivity index (χ3n) is 5.82.